The second-order valence-corrected chi connectivity index (χ2v) is 7.28. The first kappa shape index (κ1) is 17.7. The van der Waals surface area contributed by atoms with Crippen LogP contribution < -0.4 is 4.74 Å². The molecule has 1 fully saturated rings. The second kappa shape index (κ2) is 7.12. The molecular weight excluding hydrogens is 340 g/mol. The van der Waals surface area contributed by atoms with E-state index in [1.54, 1.807) is 11.1 Å². The number of nitrogens with zero attached hydrogens (tertiary/aromatic N) is 4. The number of hydrogen-bond donors (Lipinski definition) is 1. The molecule has 3 heterocycles. The Morgan fingerprint density at radius 3 is 2.89 bits per heavy atom. The minimum Gasteiger partial charge on any atom is -0.477 e. The van der Waals surface area contributed by atoms with Gasteiger partial charge in [0.1, 0.15) is 12.1 Å². The van der Waals surface area contributed by atoms with Crippen molar-refractivity contribution in [3.8, 4) is 5.88 Å². The molecule has 2 aliphatic rings. The molecule has 3 atom stereocenters. The van der Waals surface area contributed by atoms with Crippen LogP contribution in [0.1, 0.15) is 36.3 Å². The number of aryl methyl sites for hydroxylation is 1. The Hall–Kier alpha value is -2.73. The first-order valence-corrected chi connectivity index (χ1v) is 9.21. The average molecular weight is 364 g/mol. The summed E-state index contributed by atoms with van der Waals surface area (Å²) in [5.74, 6) is 2.16. The van der Waals surface area contributed by atoms with Crippen molar-refractivity contribution in [2.24, 2.45) is 5.92 Å². The van der Waals surface area contributed by atoms with Crippen LogP contribution in [0.2, 0.25) is 0 Å². The fraction of sp³-hybridized carbons (Fsp3) is 0.381. The Morgan fingerprint density at radius 2 is 2.11 bits per heavy atom. The lowest BCUT2D eigenvalue weighted by Crippen LogP contribution is -2.28. The molecule has 2 aromatic rings. The zero-order valence-corrected chi connectivity index (χ0v) is 15.8. The highest BCUT2D eigenvalue weighted by Gasteiger charge is 2.40. The molecule has 0 saturated heterocycles. The fourth-order valence-corrected chi connectivity index (χ4v) is 3.47. The summed E-state index contributed by atoms with van der Waals surface area (Å²) in [6.45, 7) is 4.46. The van der Waals surface area contributed by atoms with Gasteiger partial charge in [-0.2, -0.15) is 4.98 Å². The van der Waals surface area contributed by atoms with Crippen LogP contribution in [0.3, 0.4) is 0 Å². The Kier molecular flexibility index (Phi) is 4.66. The van der Waals surface area contributed by atoms with Gasteiger partial charge in [-0.1, -0.05) is 6.07 Å². The Bertz CT molecular complexity index is 894. The van der Waals surface area contributed by atoms with Gasteiger partial charge >= 0.3 is 0 Å². The van der Waals surface area contributed by atoms with Crippen LogP contribution in [0.5, 0.6) is 5.88 Å². The highest BCUT2D eigenvalue weighted by atomic mass is 16.5. The smallest absolute Gasteiger partial charge is 0.224 e. The summed E-state index contributed by atoms with van der Waals surface area (Å²) in [7, 11) is 1.84. The molecule has 0 radical (unpaired) electrons. The summed E-state index contributed by atoms with van der Waals surface area (Å²) in [5.41, 5.74) is 3.90. The number of hydrogen-bond acceptors (Lipinski definition) is 6. The molecule has 3 unspecified atom stereocenters. The van der Waals surface area contributed by atoms with Gasteiger partial charge in [0.25, 0.3) is 0 Å². The molecule has 1 N–H and O–H groups in total. The van der Waals surface area contributed by atoms with Crippen molar-refractivity contribution in [2.45, 2.75) is 32.4 Å². The number of aromatic nitrogens is 3. The molecule has 0 spiro atoms. The van der Waals surface area contributed by atoms with E-state index in [-0.39, 0.29) is 0 Å². The van der Waals surface area contributed by atoms with Crippen molar-refractivity contribution in [2.75, 3.05) is 13.7 Å². The van der Waals surface area contributed by atoms with Crippen LogP contribution in [0.25, 0.3) is 5.57 Å². The van der Waals surface area contributed by atoms with E-state index < -0.39 is 6.23 Å². The predicted molar refractivity (Wildman–Crippen MR) is 103 cm³/mol. The van der Waals surface area contributed by atoms with Crippen molar-refractivity contribution in [3.63, 3.8) is 0 Å². The normalized spacial score (nSPS) is 24.3. The largest absolute Gasteiger partial charge is 0.477 e. The molecule has 0 amide bonds. The minimum absolute atomic E-state index is 0.455. The zero-order valence-electron chi connectivity index (χ0n) is 15.8. The summed E-state index contributed by atoms with van der Waals surface area (Å²) < 4.78 is 6.12. The van der Waals surface area contributed by atoms with Crippen molar-refractivity contribution in [1.82, 2.24) is 19.9 Å². The van der Waals surface area contributed by atoms with Crippen LogP contribution in [-0.2, 0) is 0 Å². The van der Waals surface area contributed by atoms with Crippen LogP contribution in [-0.4, -0.2) is 44.8 Å². The van der Waals surface area contributed by atoms with Gasteiger partial charge in [-0.3, -0.25) is 4.98 Å². The molecule has 6 nitrogen and oxygen atoms in total. The van der Waals surface area contributed by atoms with Gasteiger partial charge in [-0.05, 0) is 49.6 Å². The standard InChI is InChI=1S/C21H24N4O2/c1-13-11-25(3)20(26)9-16(13)18-10-23-14(2)24-21(18)27-12-15-8-17(15)19-6-4-5-7-22-19/h4-7,9-11,15,17,20,26H,8,12H2,1-3H3. The van der Waals surface area contributed by atoms with Gasteiger partial charge in [-0.15, -0.1) is 0 Å². The Balaban J connectivity index is 1.51. The van der Waals surface area contributed by atoms with Gasteiger partial charge < -0.3 is 14.7 Å². The third-order valence-corrected chi connectivity index (χ3v) is 5.14. The highest BCUT2D eigenvalue weighted by molar-refractivity contribution is 5.81. The van der Waals surface area contributed by atoms with Crippen molar-refractivity contribution >= 4 is 5.57 Å². The molecule has 27 heavy (non-hydrogen) atoms. The van der Waals surface area contributed by atoms with Crippen LogP contribution >= 0.6 is 0 Å². The summed E-state index contributed by atoms with van der Waals surface area (Å²) >= 11 is 0. The maximum Gasteiger partial charge on any atom is 0.224 e. The van der Waals surface area contributed by atoms with Gasteiger partial charge in [0.2, 0.25) is 5.88 Å². The Morgan fingerprint density at radius 1 is 1.26 bits per heavy atom. The molecule has 1 saturated carbocycles. The van der Waals surface area contributed by atoms with Crippen molar-refractivity contribution < 1.29 is 9.84 Å². The van der Waals surface area contributed by atoms with Gasteiger partial charge in [0.05, 0.1) is 12.2 Å². The SMILES string of the molecule is CC1=CN(C)C(O)C=C1c1cnc(C)nc1OCC1CC1c1ccccn1. The van der Waals surface area contributed by atoms with Crippen molar-refractivity contribution in [3.05, 3.63) is 65.5 Å². The number of pyridine rings is 1. The van der Waals surface area contributed by atoms with E-state index in [4.69, 9.17) is 4.74 Å². The number of allylic oxidation sites excluding steroid dienone is 2. The average Bonchev–Trinajstić information content (AvgIpc) is 3.44. The maximum atomic E-state index is 10.2. The topological polar surface area (TPSA) is 71.4 Å². The quantitative estimate of drug-likeness (QED) is 0.880. The van der Waals surface area contributed by atoms with Crippen LogP contribution in [0.15, 0.2) is 48.4 Å². The van der Waals surface area contributed by atoms with E-state index >= 15 is 0 Å². The molecule has 2 aromatic heterocycles. The number of aliphatic hydroxyl groups excluding tert-OH is 1. The third-order valence-electron chi connectivity index (χ3n) is 5.14. The molecule has 0 aromatic carbocycles. The van der Waals surface area contributed by atoms with Crippen LogP contribution in [0, 0.1) is 12.8 Å². The number of likely N-dealkylation sites (N-methyl/N-ethyl adjacent to an activating group) is 1. The molecule has 1 aliphatic carbocycles. The molecule has 0 bridgehead atoms. The van der Waals surface area contributed by atoms with Gasteiger partial charge in [0.15, 0.2) is 0 Å². The second-order valence-electron chi connectivity index (χ2n) is 7.28. The highest BCUT2D eigenvalue weighted by Crippen LogP contribution is 2.46. The molecular formula is C21H24N4O2. The third kappa shape index (κ3) is 3.71. The predicted octanol–water partition coefficient (Wildman–Crippen LogP) is 2.91. The lowest BCUT2D eigenvalue weighted by Gasteiger charge is -2.27. The first-order chi connectivity index (χ1) is 13.0. The fourth-order valence-electron chi connectivity index (χ4n) is 3.47. The van der Waals surface area contributed by atoms with E-state index in [1.807, 2.05) is 51.5 Å². The van der Waals surface area contributed by atoms with Crippen LogP contribution in [0.4, 0.5) is 0 Å². The first-order valence-electron chi connectivity index (χ1n) is 9.21. The molecule has 140 valence electrons. The van der Waals surface area contributed by atoms with Gasteiger partial charge in [0, 0.05) is 43.2 Å². The summed E-state index contributed by atoms with van der Waals surface area (Å²) in [5, 5.41) is 10.2. The summed E-state index contributed by atoms with van der Waals surface area (Å²) in [4.78, 5) is 15.1. The number of aliphatic hydroxyl groups is 1. The monoisotopic (exact) mass is 364 g/mol. The maximum absolute atomic E-state index is 10.2. The van der Waals surface area contributed by atoms with Gasteiger partial charge in [-0.25, -0.2) is 4.98 Å². The van der Waals surface area contributed by atoms with E-state index in [2.05, 4.69) is 21.0 Å². The summed E-state index contributed by atoms with van der Waals surface area (Å²) in [6, 6.07) is 6.04. The molecule has 1 aliphatic heterocycles. The summed E-state index contributed by atoms with van der Waals surface area (Å²) in [6.07, 6.45) is 7.76. The van der Waals surface area contributed by atoms with E-state index in [1.165, 1.54) is 0 Å². The molecule has 6 heteroatoms. The lowest BCUT2D eigenvalue weighted by atomic mass is 9.98. The van der Waals surface area contributed by atoms with E-state index in [0.717, 1.165) is 28.8 Å². The Labute approximate surface area is 159 Å². The van der Waals surface area contributed by atoms with E-state index in [0.29, 0.717) is 30.1 Å². The van der Waals surface area contributed by atoms with E-state index in [9.17, 15) is 5.11 Å². The minimum atomic E-state index is -0.671. The zero-order chi connectivity index (χ0) is 19.0. The van der Waals surface area contributed by atoms with Crippen molar-refractivity contribution in [1.29, 1.82) is 0 Å². The lowest BCUT2D eigenvalue weighted by molar-refractivity contribution is 0.0972. The number of ether oxygens (including phenoxy) is 1. The molecule has 4 rings (SSSR count). The number of rotatable bonds is 5.